The van der Waals surface area contributed by atoms with E-state index in [4.69, 9.17) is 19.4 Å². The summed E-state index contributed by atoms with van der Waals surface area (Å²) in [4.78, 5) is 15.8. The van der Waals surface area contributed by atoms with Gasteiger partial charge in [0, 0.05) is 54.7 Å². The molecule has 63 heavy (non-hydrogen) atoms. The fourth-order valence-electron chi connectivity index (χ4n) is 9.06. The fourth-order valence-corrected chi connectivity index (χ4v) is 9.06. The summed E-state index contributed by atoms with van der Waals surface area (Å²) in [6.45, 7) is 0. The highest BCUT2D eigenvalue weighted by Crippen LogP contribution is 2.46. The third kappa shape index (κ3) is 6.53. The van der Waals surface area contributed by atoms with E-state index < -0.39 is 0 Å². The first-order valence-corrected chi connectivity index (χ1v) is 21.3. The van der Waals surface area contributed by atoms with Gasteiger partial charge in [0.15, 0.2) is 5.82 Å². The molecule has 4 heteroatoms. The third-order valence-electron chi connectivity index (χ3n) is 12.1. The number of hydrogen-bond acceptors (Lipinski definition) is 4. The minimum Gasteiger partial charge on any atom is -0.456 e. The summed E-state index contributed by atoms with van der Waals surface area (Å²) in [7, 11) is 0. The fraction of sp³-hybridized carbons (Fsp3) is 0. The maximum absolute atomic E-state index is 6.63. The average Bonchev–Trinajstić information content (AvgIpc) is 3.74. The van der Waals surface area contributed by atoms with Crippen LogP contribution in [0.1, 0.15) is 0 Å². The first kappa shape index (κ1) is 36.4. The molecule has 0 atom stereocenters. The second kappa shape index (κ2) is 15.2. The lowest BCUT2D eigenvalue weighted by molar-refractivity contribution is 0.669. The van der Waals surface area contributed by atoms with E-state index in [-0.39, 0.29) is 0 Å². The molecule has 0 bridgehead atoms. The number of aromatic nitrogens is 3. The predicted octanol–water partition coefficient (Wildman–Crippen LogP) is 15.7. The Hall–Kier alpha value is -8.47. The van der Waals surface area contributed by atoms with E-state index in [1.165, 1.54) is 5.56 Å². The molecule has 0 aliphatic carbocycles. The zero-order valence-corrected chi connectivity index (χ0v) is 34.1. The molecule has 3 heterocycles. The Balaban J connectivity index is 1.00. The van der Waals surface area contributed by atoms with Gasteiger partial charge in [0.2, 0.25) is 0 Å². The topological polar surface area (TPSA) is 51.8 Å². The Kier molecular flexibility index (Phi) is 8.79. The Morgan fingerprint density at radius 2 is 0.794 bits per heavy atom. The monoisotopic (exact) mass is 803 g/mol. The van der Waals surface area contributed by atoms with E-state index in [9.17, 15) is 0 Å². The first-order valence-electron chi connectivity index (χ1n) is 21.3. The van der Waals surface area contributed by atoms with Gasteiger partial charge in [-0.3, -0.25) is 0 Å². The average molecular weight is 804 g/mol. The Morgan fingerprint density at radius 1 is 0.286 bits per heavy atom. The van der Waals surface area contributed by atoms with Crippen LogP contribution in [0, 0.1) is 0 Å². The highest BCUT2D eigenvalue weighted by molar-refractivity contribution is 6.27. The van der Waals surface area contributed by atoms with Gasteiger partial charge in [-0.2, -0.15) is 0 Å². The largest absolute Gasteiger partial charge is 0.456 e. The molecule has 12 rings (SSSR count). The summed E-state index contributed by atoms with van der Waals surface area (Å²) >= 11 is 0. The Morgan fingerprint density at radius 3 is 1.51 bits per heavy atom. The lowest BCUT2D eigenvalue weighted by Gasteiger charge is -2.16. The van der Waals surface area contributed by atoms with Crippen LogP contribution in [0.3, 0.4) is 0 Å². The van der Waals surface area contributed by atoms with Crippen molar-refractivity contribution in [1.29, 1.82) is 0 Å². The highest BCUT2D eigenvalue weighted by atomic mass is 16.3. The van der Waals surface area contributed by atoms with Crippen molar-refractivity contribution in [2.45, 2.75) is 0 Å². The van der Waals surface area contributed by atoms with Crippen LogP contribution in [0.25, 0.3) is 122 Å². The molecule has 4 nitrogen and oxygen atoms in total. The number of para-hydroxylation sites is 2. The smallest absolute Gasteiger partial charge is 0.160 e. The van der Waals surface area contributed by atoms with Gasteiger partial charge in [0.05, 0.1) is 22.6 Å². The standard InChI is InChI=1S/C59H37N3O/c1-4-16-38(17-5-1)39-30-32-41(33-31-39)52-37-51(40-18-6-2-7-19-40)61-59(62-52)46-25-15-23-44(35-46)43-22-14-24-45(34-43)58-49-36-54-57(48-27-11-13-29-53(48)63-54)55(42-20-8-3-9-21-42)56(49)47-26-10-12-28-50(47)60-58/h1-37H. The van der Waals surface area contributed by atoms with Gasteiger partial charge in [0.1, 0.15) is 11.2 Å². The molecule has 0 N–H and O–H groups in total. The van der Waals surface area contributed by atoms with Crippen molar-refractivity contribution in [3.63, 3.8) is 0 Å². The van der Waals surface area contributed by atoms with Gasteiger partial charge in [-0.15, -0.1) is 0 Å². The summed E-state index contributed by atoms with van der Waals surface area (Å²) < 4.78 is 6.63. The van der Waals surface area contributed by atoms with Crippen molar-refractivity contribution < 1.29 is 4.42 Å². The second-order valence-electron chi connectivity index (χ2n) is 15.9. The van der Waals surface area contributed by atoms with E-state index in [1.54, 1.807) is 0 Å². The SMILES string of the molecule is c1ccc(-c2ccc(-c3cc(-c4ccccc4)nc(-c4cccc(-c5cccc(-c6nc7ccccc7c7c(-c8ccccc8)c8c(cc67)oc6ccccc68)c5)c4)n3)cc2)cc1. The lowest BCUT2D eigenvalue weighted by Crippen LogP contribution is -1.96. The van der Waals surface area contributed by atoms with Crippen molar-refractivity contribution in [3.8, 4) is 78.5 Å². The number of benzene rings is 9. The molecule has 9 aromatic carbocycles. The number of fused-ring (bicyclic) bond motifs is 6. The summed E-state index contributed by atoms with van der Waals surface area (Å²) in [5, 5.41) is 5.53. The molecule has 0 unspecified atom stereocenters. The van der Waals surface area contributed by atoms with Crippen LogP contribution in [-0.4, -0.2) is 15.0 Å². The van der Waals surface area contributed by atoms with E-state index in [2.05, 4.69) is 206 Å². The molecule has 0 aliphatic heterocycles. The molecular weight excluding hydrogens is 767 g/mol. The molecule has 0 radical (unpaired) electrons. The number of furan rings is 1. The first-order chi connectivity index (χ1) is 31.2. The van der Waals surface area contributed by atoms with Gasteiger partial charge in [-0.05, 0) is 64.2 Å². The minimum absolute atomic E-state index is 0.668. The summed E-state index contributed by atoms with van der Waals surface area (Å²) in [5.74, 6) is 0.668. The zero-order valence-electron chi connectivity index (χ0n) is 34.1. The number of hydrogen-bond donors (Lipinski definition) is 0. The van der Waals surface area contributed by atoms with Gasteiger partial charge >= 0.3 is 0 Å². The van der Waals surface area contributed by atoms with Crippen LogP contribution in [0.15, 0.2) is 229 Å². The van der Waals surface area contributed by atoms with Crippen molar-refractivity contribution >= 4 is 43.6 Å². The zero-order chi connectivity index (χ0) is 41.7. The normalized spacial score (nSPS) is 11.5. The predicted molar refractivity (Wildman–Crippen MR) is 260 cm³/mol. The molecule has 0 fully saturated rings. The van der Waals surface area contributed by atoms with Crippen molar-refractivity contribution in [3.05, 3.63) is 224 Å². The van der Waals surface area contributed by atoms with E-state index >= 15 is 0 Å². The van der Waals surface area contributed by atoms with Gasteiger partial charge in [-0.25, -0.2) is 15.0 Å². The van der Waals surface area contributed by atoms with E-state index in [1.807, 2.05) is 18.2 Å². The van der Waals surface area contributed by atoms with Crippen LogP contribution < -0.4 is 0 Å². The maximum Gasteiger partial charge on any atom is 0.160 e. The van der Waals surface area contributed by atoms with Crippen LogP contribution >= 0.6 is 0 Å². The molecular formula is C59H37N3O. The lowest BCUT2D eigenvalue weighted by atomic mass is 9.89. The van der Waals surface area contributed by atoms with Crippen LogP contribution in [0.5, 0.6) is 0 Å². The summed E-state index contributed by atoms with van der Waals surface area (Å²) in [5.41, 5.74) is 16.1. The molecule has 0 saturated heterocycles. The highest BCUT2D eigenvalue weighted by Gasteiger charge is 2.22. The Labute approximate surface area is 364 Å². The number of rotatable bonds is 7. The van der Waals surface area contributed by atoms with Gasteiger partial charge < -0.3 is 4.42 Å². The summed E-state index contributed by atoms with van der Waals surface area (Å²) in [6.07, 6.45) is 0. The molecule has 294 valence electrons. The van der Waals surface area contributed by atoms with Crippen molar-refractivity contribution in [2.24, 2.45) is 0 Å². The number of pyridine rings is 1. The minimum atomic E-state index is 0.668. The molecule has 0 aliphatic rings. The summed E-state index contributed by atoms with van der Waals surface area (Å²) in [6, 6.07) is 78.5. The molecule has 12 aromatic rings. The quantitative estimate of drug-likeness (QED) is 0.151. The maximum atomic E-state index is 6.63. The molecule has 3 aromatic heterocycles. The van der Waals surface area contributed by atoms with Crippen LogP contribution in [0.4, 0.5) is 0 Å². The molecule has 0 saturated carbocycles. The van der Waals surface area contributed by atoms with Crippen LogP contribution in [0.2, 0.25) is 0 Å². The van der Waals surface area contributed by atoms with Crippen molar-refractivity contribution in [2.75, 3.05) is 0 Å². The van der Waals surface area contributed by atoms with Crippen molar-refractivity contribution in [1.82, 2.24) is 15.0 Å². The second-order valence-corrected chi connectivity index (χ2v) is 15.9. The third-order valence-corrected chi connectivity index (χ3v) is 12.1. The van der Waals surface area contributed by atoms with Crippen LogP contribution in [-0.2, 0) is 0 Å². The van der Waals surface area contributed by atoms with E-state index in [0.717, 1.165) is 111 Å². The van der Waals surface area contributed by atoms with Gasteiger partial charge in [0.25, 0.3) is 0 Å². The molecule has 0 spiro atoms. The van der Waals surface area contributed by atoms with Gasteiger partial charge in [-0.1, -0.05) is 188 Å². The van der Waals surface area contributed by atoms with E-state index in [0.29, 0.717) is 5.82 Å². The Bertz CT molecular complexity index is 3650. The number of nitrogens with zero attached hydrogens (tertiary/aromatic N) is 3. The molecule has 0 amide bonds.